The van der Waals surface area contributed by atoms with E-state index in [2.05, 4.69) is 24.3 Å². The van der Waals surface area contributed by atoms with Gasteiger partial charge in [-0.3, -0.25) is 0 Å². The molecule has 104 valence electrons. The Bertz CT molecular complexity index is 574. The third-order valence-electron chi connectivity index (χ3n) is 4.29. The number of ether oxygens (including phenoxy) is 1. The topological polar surface area (TPSA) is 29.5 Å². The van der Waals surface area contributed by atoms with Gasteiger partial charge in [0.2, 0.25) is 0 Å². The fourth-order valence-corrected chi connectivity index (χ4v) is 3.07. The van der Waals surface area contributed by atoms with E-state index < -0.39 is 6.10 Å². The summed E-state index contributed by atoms with van der Waals surface area (Å²) in [5, 5.41) is 10.6. The van der Waals surface area contributed by atoms with E-state index in [0.29, 0.717) is 5.92 Å². The molecule has 0 saturated carbocycles. The molecule has 20 heavy (non-hydrogen) atoms. The molecule has 2 aromatic rings. The van der Waals surface area contributed by atoms with Gasteiger partial charge in [0.05, 0.1) is 13.2 Å². The number of aliphatic hydroxyl groups is 1. The Labute approximate surface area is 120 Å². The van der Waals surface area contributed by atoms with E-state index in [1.807, 2.05) is 24.3 Å². The lowest BCUT2D eigenvalue weighted by atomic mass is 9.79. The Morgan fingerprint density at radius 1 is 1.05 bits per heavy atom. The molecule has 1 N–H and O–H groups in total. The van der Waals surface area contributed by atoms with Gasteiger partial charge in [-0.1, -0.05) is 36.4 Å². The van der Waals surface area contributed by atoms with Crippen molar-refractivity contribution in [3.8, 4) is 5.75 Å². The molecule has 2 unspecified atom stereocenters. The fraction of sp³-hybridized carbons (Fsp3) is 0.333. The lowest BCUT2D eigenvalue weighted by molar-refractivity contribution is 0.0994. The van der Waals surface area contributed by atoms with Gasteiger partial charge < -0.3 is 9.84 Å². The number of fused-ring (bicyclic) bond motifs is 1. The van der Waals surface area contributed by atoms with E-state index in [0.717, 1.165) is 30.6 Å². The van der Waals surface area contributed by atoms with Crippen LogP contribution in [0, 0.1) is 5.92 Å². The van der Waals surface area contributed by atoms with Gasteiger partial charge in [0.25, 0.3) is 0 Å². The van der Waals surface area contributed by atoms with Crippen LogP contribution in [0.4, 0.5) is 0 Å². The van der Waals surface area contributed by atoms with Crippen LogP contribution in [0.2, 0.25) is 0 Å². The SMILES string of the molecule is COc1ccc(C(O)C2CCc3ccccc3C2)cc1. The molecule has 0 aliphatic heterocycles. The minimum Gasteiger partial charge on any atom is -0.497 e. The van der Waals surface area contributed by atoms with E-state index >= 15 is 0 Å². The van der Waals surface area contributed by atoms with Crippen LogP contribution in [0.1, 0.15) is 29.2 Å². The summed E-state index contributed by atoms with van der Waals surface area (Å²) >= 11 is 0. The van der Waals surface area contributed by atoms with E-state index in [1.165, 1.54) is 11.1 Å². The summed E-state index contributed by atoms with van der Waals surface area (Å²) in [7, 11) is 1.66. The number of methoxy groups -OCH3 is 1. The standard InChI is InChI=1S/C18H20O2/c1-20-17-10-8-14(9-11-17)18(19)16-7-6-13-4-2-3-5-15(13)12-16/h2-5,8-11,16,18-19H,6-7,12H2,1H3. The van der Waals surface area contributed by atoms with Gasteiger partial charge in [-0.2, -0.15) is 0 Å². The zero-order valence-corrected chi connectivity index (χ0v) is 11.8. The number of benzene rings is 2. The predicted molar refractivity (Wildman–Crippen MR) is 79.9 cm³/mol. The van der Waals surface area contributed by atoms with Crippen molar-refractivity contribution in [2.24, 2.45) is 5.92 Å². The molecule has 0 heterocycles. The third kappa shape index (κ3) is 2.56. The van der Waals surface area contributed by atoms with Crippen molar-refractivity contribution in [1.29, 1.82) is 0 Å². The largest absolute Gasteiger partial charge is 0.497 e. The molecule has 0 radical (unpaired) electrons. The number of hydrogen-bond donors (Lipinski definition) is 1. The van der Waals surface area contributed by atoms with Crippen molar-refractivity contribution < 1.29 is 9.84 Å². The van der Waals surface area contributed by atoms with Crippen molar-refractivity contribution >= 4 is 0 Å². The first-order valence-electron chi connectivity index (χ1n) is 7.16. The highest BCUT2D eigenvalue weighted by Gasteiger charge is 2.25. The molecular formula is C18H20O2. The first-order valence-corrected chi connectivity index (χ1v) is 7.16. The first-order chi connectivity index (χ1) is 9.78. The molecule has 0 spiro atoms. The highest BCUT2D eigenvalue weighted by atomic mass is 16.5. The third-order valence-corrected chi connectivity index (χ3v) is 4.29. The van der Waals surface area contributed by atoms with E-state index in [9.17, 15) is 5.11 Å². The Morgan fingerprint density at radius 3 is 2.45 bits per heavy atom. The monoisotopic (exact) mass is 268 g/mol. The molecule has 2 nitrogen and oxygen atoms in total. The van der Waals surface area contributed by atoms with E-state index in [-0.39, 0.29) is 0 Å². The van der Waals surface area contributed by atoms with Crippen LogP contribution in [-0.2, 0) is 12.8 Å². The minimum atomic E-state index is -0.394. The molecule has 1 aliphatic carbocycles. The number of aryl methyl sites for hydroxylation is 1. The molecule has 0 fully saturated rings. The normalized spacial score (nSPS) is 19.2. The van der Waals surface area contributed by atoms with Gasteiger partial charge in [-0.25, -0.2) is 0 Å². The zero-order valence-electron chi connectivity index (χ0n) is 11.8. The van der Waals surface area contributed by atoms with Crippen LogP contribution >= 0.6 is 0 Å². The average molecular weight is 268 g/mol. The first kappa shape index (κ1) is 13.2. The Balaban J connectivity index is 1.76. The summed E-state index contributed by atoms with van der Waals surface area (Å²) in [5.74, 6) is 1.13. The minimum absolute atomic E-state index is 0.304. The maximum absolute atomic E-state index is 10.6. The van der Waals surface area contributed by atoms with Gasteiger partial charge in [0, 0.05) is 0 Å². The molecule has 0 aromatic heterocycles. The number of rotatable bonds is 3. The summed E-state index contributed by atoms with van der Waals surface area (Å²) in [4.78, 5) is 0. The molecule has 3 rings (SSSR count). The molecule has 0 saturated heterocycles. The maximum Gasteiger partial charge on any atom is 0.118 e. The quantitative estimate of drug-likeness (QED) is 0.922. The Hall–Kier alpha value is -1.80. The van der Waals surface area contributed by atoms with Gasteiger partial charge in [-0.15, -0.1) is 0 Å². The number of aliphatic hydroxyl groups excluding tert-OH is 1. The summed E-state index contributed by atoms with van der Waals surface area (Å²) in [5.41, 5.74) is 3.80. The zero-order chi connectivity index (χ0) is 13.9. The van der Waals surface area contributed by atoms with Gasteiger partial charge >= 0.3 is 0 Å². The smallest absolute Gasteiger partial charge is 0.118 e. The molecule has 2 atom stereocenters. The molecule has 0 amide bonds. The van der Waals surface area contributed by atoms with Crippen LogP contribution < -0.4 is 4.74 Å². The lowest BCUT2D eigenvalue weighted by Gasteiger charge is -2.28. The summed E-state index contributed by atoms with van der Waals surface area (Å²) in [6.45, 7) is 0. The molecule has 0 bridgehead atoms. The van der Waals surface area contributed by atoms with Gasteiger partial charge in [0.1, 0.15) is 5.75 Å². The highest BCUT2D eigenvalue weighted by molar-refractivity contribution is 5.32. The van der Waals surface area contributed by atoms with Crippen LogP contribution in [0.5, 0.6) is 5.75 Å². The second-order valence-corrected chi connectivity index (χ2v) is 5.49. The fourth-order valence-electron chi connectivity index (χ4n) is 3.07. The maximum atomic E-state index is 10.6. The van der Waals surface area contributed by atoms with Crippen LogP contribution in [0.15, 0.2) is 48.5 Å². The summed E-state index contributed by atoms with van der Waals surface area (Å²) in [6.07, 6.45) is 2.68. The lowest BCUT2D eigenvalue weighted by Crippen LogP contribution is -2.21. The summed E-state index contributed by atoms with van der Waals surface area (Å²) in [6, 6.07) is 16.3. The molecule has 2 heteroatoms. The predicted octanol–water partition coefficient (Wildman–Crippen LogP) is 3.53. The van der Waals surface area contributed by atoms with Crippen molar-refractivity contribution in [2.75, 3.05) is 7.11 Å². The molecule has 1 aliphatic rings. The summed E-state index contributed by atoms with van der Waals surface area (Å²) < 4.78 is 5.16. The van der Waals surface area contributed by atoms with Crippen molar-refractivity contribution in [2.45, 2.75) is 25.4 Å². The van der Waals surface area contributed by atoms with E-state index in [4.69, 9.17) is 4.74 Å². The highest BCUT2D eigenvalue weighted by Crippen LogP contribution is 2.34. The van der Waals surface area contributed by atoms with Crippen molar-refractivity contribution in [3.05, 3.63) is 65.2 Å². The van der Waals surface area contributed by atoms with Crippen LogP contribution in [0.25, 0.3) is 0 Å². The van der Waals surface area contributed by atoms with Gasteiger partial charge in [-0.05, 0) is 54.0 Å². The van der Waals surface area contributed by atoms with E-state index in [1.54, 1.807) is 7.11 Å². The van der Waals surface area contributed by atoms with Gasteiger partial charge in [0.15, 0.2) is 0 Å². The average Bonchev–Trinajstić information content (AvgIpc) is 2.54. The molecule has 2 aromatic carbocycles. The second kappa shape index (κ2) is 5.68. The number of hydrogen-bond acceptors (Lipinski definition) is 2. The molecular weight excluding hydrogens is 248 g/mol. The second-order valence-electron chi connectivity index (χ2n) is 5.49. The Kier molecular flexibility index (Phi) is 3.75. The Morgan fingerprint density at radius 2 is 1.75 bits per heavy atom. The van der Waals surface area contributed by atoms with Crippen LogP contribution in [-0.4, -0.2) is 12.2 Å². The van der Waals surface area contributed by atoms with Crippen molar-refractivity contribution in [1.82, 2.24) is 0 Å². The van der Waals surface area contributed by atoms with Crippen LogP contribution in [0.3, 0.4) is 0 Å². The van der Waals surface area contributed by atoms with Crippen molar-refractivity contribution in [3.63, 3.8) is 0 Å².